The monoisotopic (exact) mass is 429 g/mol. The van der Waals surface area contributed by atoms with Crippen molar-refractivity contribution >= 4 is 11.8 Å². The number of benzene rings is 1. The summed E-state index contributed by atoms with van der Waals surface area (Å²) in [6, 6.07) is 10.0. The average molecular weight is 430 g/mol. The van der Waals surface area contributed by atoms with Crippen LogP contribution in [0.1, 0.15) is 75.9 Å². The Hall–Kier alpha value is -1.92. The fourth-order valence-corrected chi connectivity index (χ4v) is 4.79. The predicted octanol–water partition coefficient (Wildman–Crippen LogP) is 3.26. The Kier molecular flexibility index (Phi) is 9.82. The minimum Gasteiger partial charge on any atom is -0.388 e. The molecule has 2 aliphatic rings. The van der Waals surface area contributed by atoms with Gasteiger partial charge in [0.05, 0.1) is 12.6 Å². The van der Waals surface area contributed by atoms with Gasteiger partial charge in [0.1, 0.15) is 0 Å². The maximum atomic E-state index is 12.6. The number of carbonyl (C=O) groups excluding carboxylic acids is 2. The first-order valence-electron chi connectivity index (χ1n) is 12.1. The lowest BCUT2D eigenvalue weighted by molar-refractivity contribution is -0.130. The molecule has 0 aromatic heterocycles. The minimum atomic E-state index is -0.499. The Morgan fingerprint density at radius 2 is 1.84 bits per heavy atom. The van der Waals surface area contributed by atoms with Gasteiger partial charge in [-0.25, -0.2) is 0 Å². The zero-order valence-corrected chi connectivity index (χ0v) is 18.8. The van der Waals surface area contributed by atoms with Crippen molar-refractivity contribution in [3.63, 3.8) is 0 Å². The van der Waals surface area contributed by atoms with E-state index in [2.05, 4.69) is 10.2 Å². The summed E-state index contributed by atoms with van der Waals surface area (Å²) >= 11 is 0. The van der Waals surface area contributed by atoms with E-state index in [1.54, 1.807) is 0 Å². The van der Waals surface area contributed by atoms with E-state index in [9.17, 15) is 14.7 Å². The van der Waals surface area contributed by atoms with Gasteiger partial charge in [-0.15, -0.1) is 0 Å². The van der Waals surface area contributed by atoms with Crippen molar-refractivity contribution in [1.29, 1.82) is 0 Å². The van der Waals surface area contributed by atoms with Crippen LogP contribution in [0.2, 0.25) is 0 Å². The van der Waals surface area contributed by atoms with Gasteiger partial charge in [-0.2, -0.15) is 0 Å². The van der Waals surface area contributed by atoms with Crippen LogP contribution in [0, 0.1) is 0 Å². The van der Waals surface area contributed by atoms with Crippen molar-refractivity contribution in [2.75, 3.05) is 32.7 Å². The van der Waals surface area contributed by atoms with E-state index in [-0.39, 0.29) is 17.9 Å². The number of hydrogen-bond donors (Lipinski definition) is 2. The number of aliphatic hydroxyl groups excluding tert-OH is 1. The molecule has 2 amide bonds. The van der Waals surface area contributed by atoms with Gasteiger partial charge in [0.25, 0.3) is 0 Å². The van der Waals surface area contributed by atoms with Gasteiger partial charge in [0.15, 0.2) is 0 Å². The van der Waals surface area contributed by atoms with E-state index in [0.717, 1.165) is 70.1 Å². The molecule has 2 fully saturated rings. The number of aliphatic hydroxyl groups is 1. The highest BCUT2D eigenvalue weighted by molar-refractivity contribution is 5.78. The maximum absolute atomic E-state index is 12.6. The van der Waals surface area contributed by atoms with Crippen LogP contribution in [0.3, 0.4) is 0 Å². The number of rotatable bonds is 9. The predicted molar refractivity (Wildman–Crippen MR) is 123 cm³/mol. The van der Waals surface area contributed by atoms with E-state index in [4.69, 9.17) is 0 Å². The summed E-state index contributed by atoms with van der Waals surface area (Å²) < 4.78 is 0. The van der Waals surface area contributed by atoms with Crippen LogP contribution < -0.4 is 5.32 Å². The Balaban J connectivity index is 1.43. The highest BCUT2D eigenvalue weighted by Crippen LogP contribution is 2.26. The Bertz CT molecular complexity index is 682. The van der Waals surface area contributed by atoms with Crippen molar-refractivity contribution in [2.45, 2.75) is 76.4 Å². The second-order valence-corrected chi connectivity index (χ2v) is 9.03. The Morgan fingerprint density at radius 1 is 1.06 bits per heavy atom. The molecular weight excluding hydrogens is 390 g/mol. The lowest BCUT2D eigenvalue weighted by atomic mass is 9.98. The molecule has 0 radical (unpaired) electrons. The topological polar surface area (TPSA) is 72.9 Å². The fourth-order valence-electron chi connectivity index (χ4n) is 4.79. The fraction of sp³-hybridized carbons (Fsp3) is 0.680. The van der Waals surface area contributed by atoms with Crippen LogP contribution in [-0.2, 0) is 9.59 Å². The molecule has 2 heterocycles. The molecule has 2 aliphatic heterocycles. The van der Waals surface area contributed by atoms with Crippen molar-refractivity contribution in [1.82, 2.24) is 15.1 Å². The number of likely N-dealkylation sites (tertiary alicyclic amines) is 2. The molecule has 1 aromatic rings. The van der Waals surface area contributed by atoms with Gasteiger partial charge in [-0.3, -0.25) is 14.5 Å². The molecule has 0 unspecified atom stereocenters. The van der Waals surface area contributed by atoms with Gasteiger partial charge in [-0.1, -0.05) is 49.6 Å². The van der Waals surface area contributed by atoms with Crippen molar-refractivity contribution in [3.8, 4) is 0 Å². The molecule has 2 saturated heterocycles. The Labute approximate surface area is 187 Å². The summed E-state index contributed by atoms with van der Waals surface area (Å²) in [5, 5.41) is 13.7. The third kappa shape index (κ3) is 7.93. The zero-order valence-electron chi connectivity index (χ0n) is 18.8. The van der Waals surface area contributed by atoms with Gasteiger partial charge < -0.3 is 15.3 Å². The highest BCUT2D eigenvalue weighted by Gasteiger charge is 2.26. The molecule has 0 bridgehead atoms. The number of nitrogens with one attached hydrogen (secondary N) is 1. The molecule has 3 rings (SSSR count). The van der Waals surface area contributed by atoms with Gasteiger partial charge in [-0.05, 0) is 50.6 Å². The molecule has 0 aliphatic carbocycles. The summed E-state index contributed by atoms with van der Waals surface area (Å²) in [5.41, 5.74) is 0.944. The molecule has 172 valence electrons. The van der Waals surface area contributed by atoms with Crippen LogP contribution in [-0.4, -0.2) is 65.5 Å². The second-order valence-electron chi connectivity index (χ2n) is 9.03. The van der Waals surface area contributed by atoms with Crippen LogP contribution in [0.15, 0.2) is 30.3 Å². The van der Waals surface area contributed by atoms with Crippen molar-refractivity contribution < 1.29 is 14.7 Å². The van der Waals surface area contributed by atoms with Crippen LogP contribution >= 0.6 is 0 Å². The normalized spacial score (nSPS) is 21.9. The molecule has 2 N–H and O–H groups in total. The third-order valence-electron chi connectivity index (χ3n) is 6.62. The van der Waals surface area contributed by atoms with Crippen LogP contribution in [0.5, 0.6) is 0 Å². The molecule has 0 saturated carbocycles. The van der Waals surface area contributed by atoms with E-state index in [1.807, 2.05) is 35.2 Å². The molecular formula is C25H39N3O3. The zero-order chi connectivity index (χ0) is 21.9. The standard InChI is InChI=1S/C25H39N3O3/c29-23(21-11-4-1-5-12-21)19-22-13-6-2-9-17-28(22)20-24(30)26-15-10-18-27-16-8-3-7-14-25(27)31/h1,4-5,11-12,22-23,29H,2-3,6-10,13-20H2,(H,26,30)/t22-,23+/m0/s1. The molecule has 1 aromatic carbocycles. The van der Waals surface area contributed by atoms with Crippen LogP contribution in [0.4, 0.5) is 0 Å². The van der Waals surface area contributed by atoms with E-state index < -0.39 is 6.10 Å². The summed E-state index contributed by atoms with van der Waals surface area (Å²) in [6.45, 7) is 3.48. The summed E-state index contributed by atoms with van der Waals surface area (Å²) in [6.07, 6.45) is 9.30. The average Bonchev–Trinajstić information content (AvgIpc) is 3.12. The molecule has 2 atom stereocenters. The number of nitrogens with zero attached hydrogens (tertiary/aromatic N) is 2. The number of amides is 2. The summed E-state index contributed by atoms with van der Waals surface area (Å²) in [5.74, 6) is 0.302. The largest absolute Gasteiger partial charge is 0.388 e. The number of carbonyl (C=O) groups is 2. The molecule has 6 nitrogen and oxygen atoms in total. The molecule has 0 spiro atoms. The van der Waals surface area contributed by atoms with E-state index in [0.29, 0.717) is 25.9 Å². The first-order chi connectivity index (χ1) is 15.1. The van der Waals surface area contributed by atoms with Gasteiger partial charge in [0.2, 0.25) is 11.8 Å². The maximum Gasteiger partial charge on any atom is 0.234 e. The third-order valence-corrected chi connectivity index (χ3v) is 6.62. The smallest absolute Gasteiger partial charge is 0.234 e. The molecule has 6 heteroatoms. The quantitative estimate of drug-likeness (QED) is 0.591. The van der Waals surface area contributed by atoms with Crippen LogP contribution in [0.25, 0.3) is 0 Å². The summed E-state index contributed by atoms with van der Waals surface area (Å²) in [7, 11) is 0. The lowest BCUT2D eigenvalue weighted by Gasteiger charge is -2.31. The van der Waals surface area contributed by atoms with Gasteiger partial charge in [0, 0.05) is 32.1 Å². The number of hydrogen-bond acceptors (Lipinski definition) is 4. The molecule has 31 heavy (non-hydrogen) atoms. The van der Waals surface area contributed by atoms with Gasteiger partial charge >= 0.3 is 0 Å². The first kappa shape index (κ1) is 23.7. The summed E-state index contributed by atoms with van der Waals surface area (Å²) in [4.78, 5) is 28.9. The van der Waals surface area contributed by atoms with Crippen molar-refractivity contribution in [3.05, 3.63) is 35.9 Å². The second kappa shape index (κ2) is 12.8. The van der Waals surface area contributed by atoms with E-state index >= 15 is 0 Å². The van der Waals surface area contributed by atoms with Crippen molar-refractivity contribution in [2.24, 2.45) is 0 Å². The lowest BCUT2D eigenvalue weighted by Crippen LogP contribution is -2.44. The minimum absolute atomic E-state index is 0.0447. The van der Waals surface area contributed by atoms with E-state index in [1.165, 1.54) is 6.42 Å². The highest BCUT2D eigenvalue weighted by atomic mass is 16.3. The Morgan fingerprint density at radius 3 is 2.68 bits per heavy atom. The first-order valence-corrected chi connectivity index (χ1v) is 12.1. The SMILES string of the molecule is O=C(CN1CCCCC[C@H]1C[C@@H](O)c1ccccc1)NCCCN1CCCCCC1=O.